The number of carbonyl (C=O) groups is 1. The van der Waals surface area contributed by atoms with E-state index < -0.39 is 16.8 Å². The summed E-state index contributed by atoms with van der Waals surface area (Å²) >= 11 is 0. The Kier molecular flexibility index (Phi) is 5.11. The molecule has 3 aromatic rings. The zero-order valence-electron chi connectivity index (χ0n) is 14.7. The van der Waals surface area contributed by atoms with Crippen molar-refractivity contribution in [1.82, 2.24) is 14.8 Å². The van der Waals surface area contributed by atoms with Gasteiger partial charge in [-0.25, -0.2) is 0 Å². The van der Waals surface area contributed by atoms with Crippen LogP contribution in [-0.2, 0) is 11.3 Å². The van der Waals surface area contributed by atoms with Crippen LogP contribution in [-0.4, -0.2) is 25.6 Å². The van der Waals surface area contributed by atoms with Crippen molar-refractivity contribution in [1.29, 1.82) is 0 Å². The second kappa shape index (κ2) is 7.65. The molecular weight excluding hydrogens is 350 g/mol. The fourth-order valence-corrected chi connectivity index (χ4v) is 2.51. The molecule has 0 spiro atoms. The summed E-state index contributed by atoms with van der Waals surface area (Å²) in [6.45, 7) is 3.68. The number of carbonyl (C=O) groups excluding carboxylic acids is 1. The molecular formula is C18H17N5O4. The Labute approximate surface area is 154 Å². The second-order valence-electron chi connectivity index (χ2n) is 5.87. The molecule has 2 aromatic carbocycles. The summed E-state index contributed by atoms with van der Waals surface area (Å²) in [5.74, 6) is 0.257. The maximum atomic E-state index is 12.3. The predicted octanol–water partition coefficient (Wildman–Crippen LogP) is 3.23. The molecule has 0 aliphatic carbocycles. The van der Waals surface area contributed by atoms with Crippen molar-refractivity contribution in [2.24, 2.45) is 0 Å². The molecule has 1 aromatic heterocycles. The summed E-state index contributed by atoms with van der Waals surface area (Å²) in [6.07, 6.45) is 1.14. The molecule has 27 heavy (non-hydrogen) atoms. The second-order valence-corrected chi connectivity index (χ2v) is 5.87. The maximum Gasteiger partial charge on any atom is 0.490 e. The minimum absolute atomic E-state index is 0.210. The van der Waals surface area contributed by atoms with Crippen LogP contribution in [0.4, 0.5) is 11.6 Å². The van der Waals surface area contributed by atoms with Crippen LogP contribution in [0.15, 0.2) is 48.8 Å². The third kappa shape index (κ3) is 4.27. The van der Waals surface area contributed by atoms with Crippen LogP contribution in [0.3, 0.4) is 0 Å². The van der Waals surface area contributed by atoms with Gasteiger partial charge in [-0.3, -0.25) is 4.79 Å². The van der Waals surface area contributed by atoms with Gasteiger partial charge in [-0.15, -0.1) is 0 Å². The van der Waals surface area contributed by atoms with Crippen LogP contribution >= 0.6 is 0 Å². The topological polar surface area (TPSA) is 112 Å². The summed E-state index contributed by atoms with van der Waals surface area (Å²) < 4.78 is 7.12. The molecule has 3 rings (SSSR count). The molecule has 1 heterocycles. The van der Waals surface area contributed by atoms with Gasteiger partial charge in [-0.2, -0.15) is 4.68 Å². The molecule has 9 heteroatoms. The largest absolute Gasteiger partial charge is 0.490 e. The number of aromatic nitrogens is 3. The average Bonchev–Trinajstić information content (AvgIpc) is 3.08. The Balaban J connectivity index is 1.75. The number of ether oxygens (including phenoxy) is 1. The molecule has 0 unspecified atom stereocenters. The van der Waals surface area contributed by atoms with Gasteiger partial charge in [-0.05, 0) is 42.0 Å². The standard InChI is InChI=1S/C18H17N5O4/c1-12-6-5-7-13(2)17(12)27-15-9-4-3-8-14(15)20-16(24)10-22-11-19-18(21-22)23(25)26/h3-9,11H,10H2,1-2H3,(H,20,24). The lowest BCUT2D eigenvalue weighted by Gasteiger charge is -2.15. The fraction of sp³-hybridized carbons (Fsp3) is 0.167. The van der Waals surface area contributed by atoms with E-state index in [4.69, 9.17) is 4.74 Å². The number of nitrogens with zero attached hydrogens (tertiary/aromatic N) is 4. The van der Waals surface area contributed by atoms with Crippen LogP contribution in [0.25, 0.3) is 0 Å². The van der Waals surface area contributed by atoms with Crippen molar-refractivity contribution in [3.63, 3.8) is 0 Å². The average molecular weight is 367 g/mol. The van der Waals surface area contributed by atoms with E-state index in [1.165, 1.54) is 0 Å². The molecule has 0 saturated heterocycles. The number of aryl methyl sites for hydroxylation is 2. The minimum Gasteiger partial charge on any atom is -0.455 e. The highest BCUT2D eigenvalue weighted by Crippen LogP contribution is 2.33. The highest BCUT2D eigenvalue weighted by molar-refractivity contribution is 5.92. The first-order chi connectivity index (χ1) is 12.9. The monoisotopic (exact) mass is 367 g/mol. The lowest BCUT2D eigenvalue weighted by Crippen LogP contribution is -2.19. The van der Waals surface area contributed by atoms with Gasteiger partial charge in [0.1, 0.15) is 12.3 Å². The lowest BCUT2D eigenvalue weighted by molar-refractivity contribution is -0.394. The Morgan fingerprint density at radius 2 is 1.89 bits per heavy atom. The van der Waals surface area contributed by atoms with Gasteiger partial charge in [-0.1, -0.05) is 35.3 Å². The maximum absolute atomic E-state index is 12.3. The summed E-state index contributed by atoms with van der Waals surface area (Å²) in [6, 6.07) is 12.9. The molecule has 1 N–H and O–H groups in total. The predicted molar refractivity (Wildman–Crippen MR) is 97.7 cm³/mol. The Bertz CT molecular complexity index is 979. The van der Waals surface area contributed by atoms with Crippen LogP contribution < -0.4 is 10.1 Å². The first-order valence-electron chi connectivity index (χ1n) is 8.11. The van der Waals surface area contributed by atoms with Gasteiger partial charge < -0.3 is 20.2 Å². The quantitative estimate of drug-likeness (QED) is 0.529. The number of nitrogens with one attached hydrogen (secondary N) is 1. The smallest absolute Gasteiger partial charge is 0.455 e. The Morgan fingerprint density at radius 1 is 1.19 bits per heavy atom. The van der Waals surface area contributed by atoms with E-state index in [2.05, 4.69) is 15.4 Å². The molecule has 0 aliphatic rings. The normalized spacial score (nSPS) is 10.4. The molecule has 0 bridgehead atoms. The number of hydrogen-bond donors (Lipinski definition) is 1. The highest BCUT2D eigenvalue weighted by Gasteiger charge is 2.16. The van der Waals surface area contributed by atoms with E-state index in [-0.39, 0.29) is 6.54 Å². The van der Waals surface area contributed by atoms with Crippen molar-refractivity contribution in [3.8, 4) is 11.5 Å². The van der Waals surface area contributed by atoms with Crippen molar-refractivity contribution in [3.05, 3.63) is 70.0 Å². The Morgan fingerprint density at radius 3 is 2.56 bits per heavy atom. The van der Waals surface area contributed by atoms with E-state index in [0.29, 0.717) is 11.4 Å². The van der Waals surface area contributed by atoms with Gasteiger partial charge in [0.2, 0.25) is 12.2 Å². The molecule has 0 fully saturated rings. The number of amides is 1. The van der Waals surface area contributed by atoms with Crippen LogP contribution in [0.1, 0.15) is 11.1 Å². The Hall–Kier alpha value is -3.75. The van der Waals surface area contributed by atoms with Crippen molar-refractivity contribution >= 4 is 17.5 Å². The van der Waals surface area contributed by atoms with E-state index in [1.807, 2.05) is 32.0 Å². The van der Waals surface area contributed by atoms with Crippen molar-refractivity contribution in [2.75, 3.05) is 5.32 Å². The molecule has 0 radical (unpaired) electrons. The minimum atomic E-state index is -0.720. The van der Waals surface area contributed by atoms with E-state index in [1.54, 1.807) is 24.3 Å². The summed E-state index contributed by atoms with van der Waals surface area (Å²) in [7, 11) is 0. The molecule has 9 nitrogen and oxygen atoms in total. The van der Waals surface area contributed by atoms with Gasteiger partial charge >= 0.3 is 5.95 Å². The lowest BCUT2D eigenvalue weighted by atomic mass is 10.1. The number of benzene rings is 2. The van der Waals surface area contributed by atoms with Crippen LogP contribution in [0.5, 0.6) is 11.5 Å². The first-order valence-corrected chi connectivity index (χ1v) is 8.11. The summed E-state index contributed by atoms with van der Waals surface area (Å²) in [5, 5.41) is 17.0. The molecule has 0 saturated carbocycles. The van der Waals surface area contributed by atoms with Gasteiger partial charge in [0.15, 0.2) is 5.75 Å². The van der Waals surface area contributed by atoms with Crippen LogP contribution in [0, 0.1) is 24.0 Å². The summed E-state index contributed by atoms with van der Waals surface area (Å²) in [5.41, 5.74) is 2.44. The summed E-state index contributed by atoms with van der Waals surface area (Å²) in [4.78, 5) is 25.7. The zero-order chi connectivity index (χ0) is 19.4. The van der Waals surface area contributed by atoms with E-state index in [9.17, 15) is 14.9 Å². The number of rotatable bonds is 6. The van der Waals surface area contributed by atoms with Gasteiger partial charge in [0.25, 0.3) is 0 Å². The van der Waals surface area contributed by atoms with Gasteiger partial charge in [0.05, 0.1) is 5.69 Å². The van der Waals surface area contributed by atoms with Crippen molar-refractivity contribution in [2.45, 2.75) is 20.4 Å². The molecule has 138 valence electrons. The highest BCUT2D eigenvalue weighted by atomic mass is 16.6. The first kappa shape index (κ1) is 18.1. The SMILES string of the molecule is Cc1cccc(C)c1Oc1ccccc1NC(=O)Cn1cnc([N+](=O)[O-])n1. The fourth-order valence-electron chi connectivity index (χ4n) is 2.51. The third-order valence-electron chi connectivity index (χ3n) is 3.78. The number of nitro groups is 1. The number of hydrogen-bond acceptors (Lipinski definition) is 6. The number of anilines is 1. The van der Waals surface area contributed by atoms with Crippen molar-refractivity contribution < 1.29 is 14.5 Å². The molecule has 0 aliphatic heterocycles. The number of para-hydroxylation sites is 3. The van der Waals surface area contributed by atoms with E-state index >= 15 is 0 Å². The third-order valence-corrected chi connectivity index (χ3v) is 3.78. The van der Waals surface area contributed by atoms with E-state index in [0.717, 1.165) is 27.9 Å². The zero-order valence-corrected chi connectivity index (χ0v) is 14.7. The molecule has 0 atom stereocenters. The van der Waals surface area contributed by atoms with Gasteiger partial charge in [0, 0.05) is 5.10 Å². The molecule has 1 amide bonds. The van der Waals surface area contributed by atoms with Crippen LogP contribution in [0.2, 0.25) is 0 Å².